The molecule has 0 spiro atoms. The van der Waals surface area contributed by atoms with E-state index in [-0.39, 0.29) is 5.78 Å². The van der Waals surface area contributed by atoms with Crippen LogP contribution in [-0.4, -0.2) is 22.5 Å². The summed E-state index contributed by atoms with van der Waals surface area (Å²) in [6.07, 6.45) is 1.82. The first kappa shape index (κ1) is 8.01. The normalized spacial score (nSPS) is 10.5. The van der Waals surface area contributed by atoms with E-state index in [9.17, 15) is 4.79 Å². The third-order valence-electron chi connectivity index (χ3n) is 2.02. The second-order valence-corrected chi connectivity index (χ2v) is 2.86. The molecule has 1 aromatic heterocycles. The van der Waals surface area contributed by atoms with Crippen molar-refractivity contribution in [1.82, 2.24) is 4.98 Å². The van der Waals surface area contributed by atoms with Gasteiger partial charge in [-0.2, -0.15) is 0 Å². The Balaban J connectivity index is 2.54. The van der Waals surface area contributed by atoms with Gasteiger partial charge < -0.3 is 10.1 Å². The van der Waals surface area contributed by atoms with Crippen LogP contribution < -0.4 is 0 Å². The van der Waals surface area contributed by atoms with Gasteiger partial charge in [0.2, 0.25) is 0 Å². The minimum absolute atomic E-state index is 0.247. The van der Waals surface area contributed by atoms with E-state index in [4.69, 9.17) is 5.11 Å². The lowest BCUT2D eigenvalue weighted by Gasteiger charge is -1.96. The van der Waals surface area contributed by atoms with Gasteiger partial charge in [0.05, 0.1) is 0 Å². The Hall–Kier alpha value is -1.61. The van der Waals surface area contributed by atoms with Crippen LogP contribution in [0.3, 0.4) is 0 Å². The van der Waals surface area contributed by atoms with Gasteiger partial charge in [-0.05, 0) is 24.3 Å². The molecule has 66 valence electrons. The van der Waals surface area contributed by atoms with E-state index < -0.39 is 6.61 Å². The number of nitrogens with one attached hydrogen (secondary N) is 1. The molecule has 1 heterocycles. The quantitative estimate of drug-likeness (QED) is 0.677. The van der Waals surface area contributed by atoms with Crippen molar-refractivity contribution in [3.63, 3.8) is 0 Å². The SMILES string of the molecule is O=C(CO)c1ccc2[nH]ccc2c1. The second-order valence-electron chi connectivity index (χ2n) is 2.86. The van der Waals surface area contributed by atoms with E-state index in [1.165, 1.54) is 0 Å². The van der Waals surface area contributed by atoms with Crippen molar-refractivity contribution in [3.05, 3.63) is 36.0 Å². The molecule has 2 rings (SSSR count). The van der Waals surface area contributed by atoms with Crippen LogP contribution >= 0.6 is 0 Å². The number of Topliss-reactive ketones (excluding diaryl/α,β-unsaturated/α-hetero) is 1. The molecule has 13 heavy (non-hydrogen) atoms. The van der Waals surface area contributed by atoms with E-state index in [0.717, 1.165) is 10.9 Å². The van der Waals surface area contributed by atoms with E-state index in [1.807, 2.05) is 18.3 Å². The predicted molar refractivity (Wildman–Crippen MR) is 49.7 cm³/mol. The molecule has 0 aliphatic carbocycles. The van der Waals surface area contributed by atoms with Crippen LogP contribution in [0.25, 0.3) is 10.9 Å². The summed E-state index contributed by atoms with van der Waals surface area (Å²) in [6, 6.07) is 7.20. The Morgan fingerprint density at radius 2 is 2.23 bits per heavy atom. The lowest BCUT2D eigenvalue weighted by Crippen LogP contribution is -2.03. The molecular weight excluding hydrogens is 166 g/mol. The van der Waals surface area contributed by atoms with Crippen LogP contribution in [0.5, 0.6) is 0 Å². The summed E-state index contributed by atoms with van der Waals surface area (Å²) in [5.74, 6) is -0.247. The maximum atomic E-state index is 11.1. The largest absolute Gasteiger partial charge is 0.388 e. The zero-order valence-corrected chi connectivity index (χ0v) is 6.95. The summed E-state index contributed by atoms with van der Waals surface area (Å²) in [6.45, 7) is -0.435. The average molecular weight is 175 g/mol. The highest BCUT2D eigenvalue weighted by Gasteiger charge is 2.04. The molecule has 0 radical (unpaired) electrons. The van der Waals surface area contributed by atoms with Crippen LogP contribution in [0.4, 0.5) is 0 Å². The molecule has 0 bridgehead atoms. The van der Waals surface area contributed by atoms with Crippen LogP contribution in [0, 0.1) is 0 Å². The van der Waals surface area contributed by atoms with Gasteiger partial charge in [0.25, 0.3) is 0 Å². The average Bonchev–Trinajstić information content (AvgIpc) is 2.63. The van der Waals surface area contributed by atoms with Crippen molar-refractivity contribution in [1.29, 1.82) is 0 Å². The number of carbonyl (C=O) groups is 1. The topological polar surface area (TPSA) is 53.1 Å². The van der Waals surface area contributed by atoms with Gasteiger partial charge in [-0.3, -0.25) is 4.79 Å². The van der Waals surface area contributed by atoms with Crippen molar-refractivity contribution in [2.75, 3.05) is 6.61 Å². The summed E-state index contributed by atoms with van der Waals surface area (Å²) in [4.78, 5) is 14.1. The number of hydrogen-bond acceptors (Lipinski definition) is 2. The van der Waals surface area contributed by atoms with Crippen molar-refractivity contribution < 1.29 is 9.90 Å². The van der Waals surface area contributed by atoms with Crippen molar-refractivity contribution in [2.24, 2.45) is 0 Å². The number of aromatic nitrogens is 1. The fourth-order valence-electron chi connectivity index (χ4n) is 1.32. The Labute approximate surface area is 75.0 Å². The number of rotatable bonds is 2. The smallest absolute Gasteiger partial charge is 0.188 e. The highest BCUT2D eigenvalue weighted by molar-refractivity contribution is 6.00. The highest BCUT2D eigenvalue weighted by atomic mass is 16.3. The van der Waals surface area contributed by atoms with E-state index in [1.54, 1.807) is 12.1 Å². The zero-order chi connectivity index (χ0) is 9.26. The Morgan fingerprint density at radius 1 is 1.38 bits per heavy atom. The fourth-order valence-corrected chi connectivity index (χ4v) is 1.32. The molecular formula is C10H9NO2. The second kappa shape index (κ2) is 3.03. The first-order valence-corrected chi connectivity index (χ1v) is 4.02. The highest BCUT2D eigenvalue weighted by Crippen LogP contribution is 2.14. The minimum atomic E-state index is -0.435. The van der Waals surface area contributed by atoms with Crippen LogP contribution in [0.15, 0.2) is 30.5 Å². The summed E-state index contributed by atoms with van der Waals surface area (Å²) in [5, 5.41) is 9.64. The first-order chi connectivity index (χ1) is 6.31. The molecule has 0 saturated carbocycles. The van der Waals surface area contributed by atoms with Gasteiger partial charge in [0, 0.05) is 22.7 Å². The van der Waals surface area contributed by atoms with E-state index >= 15 is 0 Å². The van der Waals surface area contributed by atoms with Gasteiger partial charge in [-0.1, -0.05) is 0 Å². The lowest BCUT2D eigenvalue weighted by molar-refractivity contribution is 0.0904. The predicted octanol–water partition coefficient (Wildman–Crippen LogP) is 1.34. The molecule has 3 nitrogen and oxygen atoms in total. The molecule has 2 aromatic rings. The molecule has 3 heteroatoms. The first-order valence-electron chi connectivity index (χ1n) is 4.02. The number of fused-ring (bicyclic) bond motifs is 1. The minimum Gasteiger partial charge on any atom is -0.388 e. The van der Waals surface area contributed by atoms with E-state index in [0.29, 0.717) is 5.56 Å². The van der Waals surface area contributed by atoms with Crippen LogP contribution in [0.2, 0.25) is 0 Å². The zero-order valence-electron chi connectivity index (χ0n) is 6.95. The summed E-state index contributed by atoms with van der Waals surface area (Å²) >= 11 is 0. The number of H-pyrrole nitrogens is 1. The van der Waals surface area contributed by atoms with Crippen LogP contribution in [0.1, 0.15) is 10.4 Å². The van der Waals surface area contributed by atoms with Gasteiger partial charge >= 0.3 is 0 Å². The lowest BCUT2D eigenvalue weighted by atomic mass is 10.1. The molecule has 1 aromatic carbocycles. The van der Waals surface area contributed by atoms with Crippen molar-refractivity contribution in [2.45, 2.75) is 0 Å². The number of carbonyl (C=O) groups excluding carboxylic acids is 1. The van der Waals surface area contributed by atoms with Gasteiger partial charge in [-0.15, -0.1) is 0 Å². The monoisotopic (exact) mass is 175 g/mol. The molecule has 0 aliphatic heterocycles. The molecule has 0 fully saturated rings. The molecule has 0 amide bonds. The molecule has 0 unspecified atom stereocenters. The summed E-state index contributed by atoms with van der Waals surface area (Å²) in [5.41, 5.74) is 1.55. The van der Waals surface area contributed by atoms with Gasteiger partial charge in [0.15, 0.2) is 5.78 Å². The number of aliphatic hydroxyl groups is 1. The van der Waals surface area contributed by atoms with Crippen LogP contribution in [-0.2, 0) is 0 Å². The third-order valence-corrected chi connectivity index (χ3v) is 2.02. The Morgan fingerprint density at radius 3 is 3.00 bits per heavy atom. The maximum Gasteiger partial charge on any atom is 0.188 e. The number of aromatic amines is 1. The number of hydrogen-bond donors (Lipinski definition) is 2. The standard InChI is InChI=1S/C10H9NO2/c12-6-10(13)8-1-2-9-7(5-8)3-4-11-9/h1-5,11-12H,6H2. The summed E-state index contributed by atoms with van der Waals surface area (Å²) in [7, 11) is 0. The Bertz CT molecular complexity index is 445. The third kappa shape index (κ3) is 1.34. The molecule has 0 atom stereocenters. The molecule has 0 saturated heterocycles. The summed E-state index contributed by atoms with van der Waals surface area (Å²) < 4.78 is 0. The van der Waals surface area contributed by atoms with E-state index in [2.05, 4.69) is 4.98 Å². The maximum absolute atomic E-state index is 11.1. The fraction of sp³-hybridized carbons (Fsp3) is 0.100. The Kier molecular flexibility index (Phi) is 1.87. The van der Waals surface area contributed by atoms with Gasteiger partial charge in [-0.25, -0.2) is 0 Å². The number of aliphatic hydroxyl groups excluding tert-OH is 1. The molecule has 0 aliphatic rings. The van der Waals surface area contributed by atoms with Crippen molar-refractivity contribution >= 4 is 16.7 Å². The number of ketones is 1. The molecule has 2 N–H and O–H groups in total. The number of benzene rings is 1. The van der Waals surface area contributed by atoms with Gasteiger partial charge in [0.1, 0.15) is 6.61 Å². The van der Waals surface area contributed by atoms with Crippen molar-refractivity contribution in [3.8, 4) is 0 Å².